The van der Waals surface area contributed by atoms with E-state index in [9.17, 15) is 4.79 Å². The van der Waals surface area contributed by atoms with Crippen molar-refractivity contribution in [2.24, 2.45) is 0 Å². The summed E-state index contributed by atoms with van der Waals surface area (Å²) in [5, 5.41) is 3.30. The molecule has 0 aromatic heterocycles. The summed E-state index contributed by atoms with van der Waals surface area (Å²) in [6, 6.07) is 3.24. The molecule has 1 aromatic carbocycles. The molecule has 1 aliphatic heterocycles. The van der Waals surface area contributed by atoms with E-state index in [4.69, 9.17) is 21.1 Å². The SMILES string of the molecule is COc1cc(C(=O)NCCCN2CCCCC2)cc(Cl)c1OC. The second-order valence-electron chi connectivity index (χ2n) is 5.71. The summed E-state index contributed by atoms with van der Waals surface area (Å²) in [4.78, 5) is 14.7. The van der Waals surface area contributed by atoms with Gasteiger partial charge < -0.3 is 19.7 Å². The summed E-state index contributed by atoms with van der Waals surface area (Å²) in [6.07, 6.45) is 4.87. The fourth-order valence-corrected chi connectivity index (χ4v) is 3.13. The Balaban J connectivity index is 1.84. The third-order valence-electron chi connectivity index (χ3n) is 4.08. The van der Waals surface area contributed by atoms with E-state index < -0.39 is 0 Å². The van der Waals surface area contributed by atoms with Crippen LogP contribution in [0, 0.1) is 0 Å². The second kappa shape index (κ2) is 8.99. The van der Waals surface area contributed by atoms with Crippen LogP contribution in [0.3, 0.4) is 0 Å². The van der Waals surface area contributed by atoms with Crippen molar-refractivity contribution in [1.82, 2.24) is 10.2 Å². The summed E-state index contributed by atoms with van der Waals surface area (Å²) in [6.45, 7) is 4.05. The molecule has 0 saturated carbocycles. The van der Waals surface area contributed by atoms with Crippen LogP contribution in [0.4, 0.5) is 0 Å². The molecule has 1 saturated heterocycles. The molecule has 1 N–H and O–H groups in total. The predicted molar refractivity (Wildman–Crippen MR) is 91.8 cm³/mol. The maximum atomic E-state index is 12.2. The van der Waals surface area contributed by atoms with Gasteiger partial charge in [-0.05, 0) is 51.0 Å². The largest absolute Gasteiger partial charge is 0.493 e. The minimum atomic E-state index is -0.147. The van der Waals surface area contributed by atoms with E-state index in [0.717, 1.165) is 13.0 Å². The van der Waals surface area contributed by atoms with Crippen LogP contribution < -0.4 is 14.8 Å². The number of benzene rings is 1. The smallest absolute Gasteiger partial charge is 0.251 e. The lowest BCUT2D eigenvalue weighted by Gasteiger charge is -2.26. The fourth-order valence-electron chi connectivity index (χ4n) is 2.84. The molecule has 0 spiro atoms. The van der Waals surface area contributed by atoms with E-state index in [1.165, 1.54) is 46.6 Å². The summed E-state index contributed by atoms with van der Waals surface area (Å²) < 4.78 is 10.4. The number of carbonyl (C=O) groups is 1. The Bertz CT molecular complexity index is 531. The van der Waals surface area contributed by atoms with Gasteiger partial charge in [0.15, 0.2) is 11.5 Å². The lowest BCUT2D eigenvalue weighted by molar-refractivity contribution is 0.0950. The molecule has 0 aliphatic carbocycles. The zero-order chi connectivity index (χ0) is 16.7. The highest BCUT2D eigenvalue weighted by atomic mass is 35.5. The fraction of sp³-hybridized carbons (Fsp3) is 0.588. The van der Waals surface area contributed by atoms with Gasteiger partial charge in [0.1, 0.15) is 0 Å². The molecular weight excluding hydrogens is 316 g/mol. The van der Waals surface area contributed by atoms with E-state index in [2.05, 4.69) is 10.2 Å². The number of carbonyl (C=O) groups excluding carboxylic acids is 1. The van der Waals surface area contributed by atoms with Crippen LogP contribution in [0.1, 0.15) is 36.0 Å². The molecule has 0 unspecified atom stereocenters. The number of methoxy groups -OCH3 is 2. The van der Waals surface area contributed by atoms with Gasteiger partial charge in [0.2, 0.25) is 0 Å². The van der Waals surface area contributed by atoms with Crippen molar-refractivity contribution >= 4 is 17.5 Å². The Hall–Kier alpha value is -1.46. The van der Waals surface area contributed by atoms with Gasteiger partial charge in [-0.2, -0.15) is 0 Å². The van der Waals surface area contributed by atoms with Crippen LogP contribution in [-0.4, -0.2) is 51.2 Å². The van der Waals surface area contributed by atoms with Gasteiger partial charge in [-0.25, -0.2) is 0 Å². The summed E-state index contributed by atoms with van der Waals surface area (Å²) in [5.41, 5.74) is 0.477. The number of piperidine rings is 1. The van der Waals surface area contributed by atoms with E-state index in [0.29, 0.717) is 28.6 Å². The molecule has 1 amide bonds. The Morgan fingerprint density at radius 1 is 1.22 bits per heavy atom. The molecule has 6 heteroatoms. The molecule has 1 heterocycles. The topological polar surface area (TPSA) is 50.8 Å². The van der Waals surface area contributed by atoms with Gasteiger partial charge >= 0.3 is 0 Å². The first-order valence-electron chi connectivity index (χ1n) is 8.07. The highest BCUT2D eigenvalue weighted by Crippen LogP contribution is 2.35. The Kier molecular flexibility index (Phi) is 6.99. The zero-order valence-corrected chi connectivity index (χ0v) is 14.6. The maximum Gasteiger partial charge on any atom is 0.251 e. The molecule has 128 valence electrons. The second-order valence-corrected chi connectivity index (χ2v) is 6.11. The molecule has 1 fully saturated rings. The zero-order valence-electron chi connectivity index (χ0n) is 13.9. The number of nitrogens with one attached hydrogen (secondary N) is 1. The number of halogens is 1. The average molecular weight is 341 g/mol. The third-order valence-corrected chi connectivity index (χ3v) is 4.36. The lowest BCUT2D eigenvalue weighted by Crippen LogP contribution is -2.33. The van der Waals surface area contributed by atoms with E-state index >= 15 is 0 Å². The van der Waals surface area contributed by atoms with Gasteiger partial charge in [-0.15, -0.1) is 0 Å². The quantitative estimate of drug-likeness (QED) is 0.775. The highest BCUT2D eigenvalue weighted by molar-refractivity contribution is 6.32. The number of amides is 1. The van der Waals surface area contributed by atoms with Crippen molar-refractivity contribution in [2.45, 2.75) is 25.7 Å². The first-order valence-corrected chi connectivity index (χ1v) is 8.45. The molecule has 1 aromatic rings. The van der Waals surface area contributed by atoms with E-state index in [-0.39, 0.29) is 5.91 Å². The van der Waals surface area contributed by atoms with Crippen molar-refractivity contribution in [3.63, 3.8) is 0 Å². The third kappa shape index (κ3) is 5.01. The van der Waals surface area contributed by atoms with Gasteiger partial charge in [-0.1, -0.05) is 18.0 Å². The van der Waals surface area contributed by atoms with Crippen molar-refractivity contribution in [1.29, 1.82) is 0 Å². The number of rotatable bonds is 7. The highest BCUT2D eigenvalue weighted by Gasteiger charge is 2.15. The number of likely N-dealkylation sites (tertiary alicyclic amines) is 1. The Labute approximate surface area is 142 Å². The minimum Gasteiger partial charge on any atom is -0.493 e. The number of nitrogens with zero attached hydrogens (tertiary/aromatic N) is 1. The van der Waals surface area contributed by atoms with Crippen LogP contribution in [0.15, 0.2) is 12.1 Å². The molecule has 0 atom stereocenters. The molecule has 0 bridgehead atoms. The van der Waals surface area contributed by atoms with Crippen LogP contribution in [0.5, 0.6) is 11.5 Å². The molecular formula is C17H25ClN2O3. The van der Waals surface area contributed by atoms with Crippen LogP contribution in [0.2, 0.25) is 5.02 Å². The summed E-state index contributed by atoms with van der Waals surface area (Å²) in [5.74, 6) is 0.751. The molecule has 0 radical (unpaired) electrons. The molecule has 23 heavy (non-hydrogen) atoms. The predicted octanol–water partition coefficient (Wildman–Crippen LogP) is 2.96. The average Bonchev–Trinajstić information content (AvgIpc) is 2.58. The van der Waals surface area contributed by atoms with Crippen LogP contribution in [0.25, 0.3) is 0 Å². The number of hydrogen-bond acceptors (Lipinski definition) is 4. The minimum absolute atomic E-state index is 0.147. The first kappa shape index (κ1) is 17.9. The van der Waals surface area contributed by atoms with Crippen molar-refractivity contribution in [3.05, 3.63) is 22.7 Å². The normalized spacial score (nSPS) is 15.3. The van der Waals surface area contributed by atoms with Gasteiger partial charge in [0.25, 0.3) is 5.91 Å². The van der Waals surface area contributed by atoms with Gasteiger partial charge in [0.05, 0.1) is 19.2 Å². The van der Waals surface area contributed by atoms with Gasteiger partial charge in [0, 0.05) is 12.1 Å². The van der Waals surface area contributed by atoms with Crippen LogP contribution in [-0.2, 0) is 0 Å². The van der Waals surface area contributed by atoms with E-state index in [1.807, 2.05) is 0 Å². The Morgan fingerprint density at radius 2 is 1.96 bits per heavy atom. The lowest BCUT2D eigenvalue weighted by atomic mass is 10.1. The van der Waals surface area contributed by atoms with Crippen molar-refractivity contribution in [2.75, 3.05) is 40.4 Å². The van der Waals surface area contributed by atoms with Crippen LogP contribution >= 0.6 is 11.6 Å². The summed E-state index contributed by atoms with van der Waals surface area (Å²) >= 11 is 6.13. The van der Waals surface area contributed by atoms with Crippen molar-refractivity contribution < 1.29 is 14.3 Å². The molecule has 1 aliphatic rings. The monoisotopic (exact) mass is 340 g/mol. The van der Waals surface area contributed by atoms with E-state index in [1.54, 1.807) is 12.1 Å². The summed E-state index contributed by atoms with van der Waals surface area (Å²) in [7, 11) is 3.04. The molecule has 5 nitrogen and oxygen atoms in total. The molecule has 2 rings (SSSR count). The maximum absolute atomic E-state index is 12.2. The number of ether oxygens (including phenoxy) is 2. The van der Waals surface area contributed by atoms with Crippen molar-refractivity contribution in [3.8, 4) is 11.5 Å². The standard InChI is InChI=1S/C17H25ClN2O3/c1-22-15-12-13(11-14(18)16(15)23-2)17(21)19-7-6-10-20-8-4-3-5-9-20/h11-12H,3-10H2,1-2H3,(H,19,21). The van der Waals surface area contributed by atoms with Gasteiger partial charge in [-0.3, -0.25) is 4.79 Å². The number of hydrogen-bond donors (Lipinski definition) is 1. The Morgan fingerprint density at radius 3 is 2.61 bits per heavy atom. The first-order chi connectivity index (χ1) is 11.2.